The van der Waals surface area contributed by atoms with E-state index < -0.39 is 0 Å². The summed E-state index contributed by atoms with van der Waals surface area (Å²) in [6.07, 6.45) is 0. The summed E-state index contributed by atoms with van der Waals surface area (Å²) in [6.45, 7) is 5.63. The zero-order valence-electron chi connectivity index (χ0n) is 15.4. The second-order valence-electron chi connectivity index (χ2n) is 5.87. The van der Waals surface area contributed by atoms with Crippen molar-refractivity contribution in [1.29, 1.82) is 0 Å². The number of likely N-dealkylation sites (N-methyl/N-ethyl adjacent to an activating group) is 1. The van der Waals surface area contributed by atoms with Gasteiger partial charge in [0.2, 0.25) is 5.91 Å². The number of hydrogen-bond donors (Lipinski definition) is 1. The van der Waals surface area contributed by atoms with Crippen LogP contribution in [0.25, 0.3) is 0 Å². The monoisotopic (exact) mass is 360 g/mol. The highest BCUT2D eigenvalue weighted by atomic mass is 19.1. The number of amides is 1. The van der Waals surface area contributed by atoms with E-state index in [0.29, 0.717) is 36.9 Å². The van der Waals surface area contributed by atoms with Crippen LogP contribution >= 0.6 is 0 Å². The molecule has 0 fully saturated rings. The SMILES string of the molecule is CCOc1ccc(NC(=O)CN(C)Cc2ccc(F)cc2)cc1OCC. The summed E-state index contributed by atoms with van der Waals surface area (Å²) in [5.74, 6) is 0.851. The van der Waals surface area contributed by atoms with Crippen molar-refractivity contribution in [2.24, 2.45) is 0 Å². The lowest BCUT2D eigenvalue weighted by molar-refractivity contribution is -0.117. The summed E-state index contributed by atoms with van der Waals surface area (Å²) >= 11 is 0. The van der Waals surface area contributed by atoms with E-state index >= 15 is 0 Å². The van der Waals surface area contributed by atoms with E-state index in [-0.39, 0.29) is 18.3 Å². The molecule has 0 aromatic heterocycles. The van der Waals surface area contributed by atoms with E-state index in [9.17, 15) is 9.18 Å². The lowest BCUT2D eigenvalue weighted by Crippen LogP contribution is -2.29. The largest absolute Gasteiger partial charge is 0.490 e. The van der Waals surface area contributed by atoms with Crippen molar-refractivity contribution in [2.75, 3.05) is 32.1 Å². The Labute approximate surface area is 153 Å². The standard InChI is InChI=1S/C20H25FN2O3/c1-4-25-18-11-10-17(12-19(18)26-5-2)22-20(24)14-23(3)13-15-6-8-16(21)9-7-15/h6-12H,4-5,13-14H2,1-3H3,(H,22,24). The predicted octanol–water partition coefficient (Wildman–Crippen LogP) is 3.69. The molecule has 1 amide bonds. The first-order valence-electron chi connectivity index (χ1n) is 8.64. The van der Waals surface area contributed by atoms with E-state index in [1.807, 2.05) is 25.8 Å². The molecule has 6 heteroatoms. The van der Waals surface area contributed by atoms with Gasteiger partial charge in [0, 0.05) is 18.3 Å². The maximum Gasteiger partial charge on any atom is 0.238 e. The Morgan fingerprint density at radius 3 is 2.35 bits per heavy atom. The third-order valence-electron chi connectivity index (χ3n) is 3.61. The van der Waals surface area contributed by atoms with Crippen LogP contribution in [0.4, 0.5) is 10.1 Å². The Bertz CT molecular complexity index is 719. The highest BCUT2D eigenvalue weighted by molar-refractivity contribution is 5.92. The van der Waals surface area contributed by atoms with E-state index in [4.69, 9.17) is 9.47 Å². The van der Waals surface area contributed by atoms with Crippen molar-refractivity contribution >= 4 is 11.6 Å². The van der Waals surface area contributed by atoms with Crippen molar-refractivity contribution in [3.05, 3.63) is 53.8 Å². The molecule has 0 saturated heterocycles. The van der Waals surface area contributed by atoms with Crippen LogP contribution in [0, 0.1) is 5.82 Å². The molecule has 26 heavy (non-hydrogen) atoms. The van der Waals surface area contributed by atoms with Crippen molar-refractivity contribution in [2.45, 2.75) is 20.4 Å². The van der Waals surface area contributed by atoms with Crippen LogP contribution in [0.1, 0.15) is 19.4 Å². The Balaban J connectivity index is 1.93. The first kappa shape index (κ1) is 19.7. The molecule has 140 valence electrons. The number of benzene rings is 2. The average molecular weight is 360 g/mol. The second kappa shape index (κ2) is 9.77. The number of halogens is 1. The minimum atomic E-state index is -0.269. The Morgan fingerprint density at radius 1 is 1.04 bits per heavy atom. The number of ether oxygens (including phenoxy) is 2. The molecular formula is C20H25FN2O3. The van der Waals surface area contributed by atoms with Crippen molar-refractivity contribution in [3.63, 3.8) is 0 Å². The summed E-state index contributed by atoms with van der Waals surface area (Å²) in [6, 6.07) is 11.6. The molecule has 0 radical (unpaired) electrons. The average Bonchev–Trinajstić information content (AvgIpc) is 2.59. The fraction of sp³-hybridized carbons (Fsp3) is 0.350. The highest BCUT2D eigenvalue weighted by Crippen LogP contribution is 2.30. The molecule has 1 N–H and O–H groups in total. The summed E-state index contributed by atoms with van der Waals surface area (Å²) < 4.78 is 24.0. The van der Waals surface area contributed by atoms with Gasteiger partial charge >= 0.3 is 0 Å². The smallest absolute Gasteiger partial charge is 0.238 e. The molecule has 0 heterocycles. The lowest BCUT2D eigenvalue weighted by atomic mass is 10.2. The third-order valence-corrected chi connectivity index (χ3v) is 3.61. The van der Waals surface area contributed by atoms with Gasteiger partial charge in [0.25, 0.3) is 0 Å². The molecule has 0 aliphatic heterocycles. The fourth-order valence-corrected chi connectivity index (χ4v) is 2.53. The van der Waals surface area contributed by atoms with Crippen LogP contribution in [0.3, 0.4) is 0 Å². The molecule has 0 aliphatic carbocycles. The number of hydrogen-bond acceptors (Lipinski definition) is 4. The molecular weight excluding hydrogens is 335 g/mol. The molecule has 2 rings (SSSR count). The van der Waals surface area contributed by atoms with Gasteiger partial charge in [0.05, 0.1) is 19.8 Å². The number of carbonyl (C=O) groups excluding carboxylic acids is 1. The van der Waals surface area contributed by atoms with Gasteiger partial charge in [-0.1, -0.05) is 12.1 Å². The molecule has 0 saturated carbocycles. The van der Waals surface area contributed by atoms with Gasteiger partial charge in [-0.15, -0.1) is 0 Å². The van der Waals surface area contributed by atoms with Gasteiger partial charge in [0.15, 0.2) is 11.5 Å². The third kappa shape index (κ3) is 6.04. The maximum atomic E-state index is 12.9. The lowest BCUT2D eigenvalue weighted by Gasteiger charge is -2.17. The minimum absolute atomic E-state index is 0.138. The van der Waals surface area contributed by atoms with Crippen molar-refractivity contribution in [1.82, 2.24) is 4.90 Å². The molecule has 0 unspecified atom stereocenters. The van der Waals surface area contributed by atoms with E-state index in [2.05, 4.69) is 5.32 Å². The van der Waals surface area contributed by atoms with Gasteiger partial charge in [-0.25, -0.2) is 4.39 Å². The van der Waals surface area contributed by atoms with Crippen LogP contribution in [0.5, 0.6) is 11.5 Å². The molecule has 0 atom stereocenters. The van der Waals surface area contributed by atoms with Gasteiger partial charge in [0.1, 0.15) is 5.82 Å². The summed E-state index contributed by atoms with van der Waals surface area (Å²) in [4.78, 5) is 14.1. The van der Waals surface area contributed by atoms with Gasteiger partial charge in [-0.2, -0.15) is 0 Å². The predicted molar refractivity (Wildman–Crippen MR) is 100 cm³/mol. The Morgan fingerprint density at radius 2 is 1.69 bits per heavy atom. The number of carbonyl (C=O) groups is 1. The molecule has 0 spiro atoms. The minimum Gasteiger partial charge on any atom is -0.490 e. The normalized spacial score (nSPS) is 10.7. The molecule has 0 aliphatic rings. The molecule has 5 nitrogen and oxygen atoms in total. The zero-order chi connectivity index (χ0) is 18.9. The Hall–Kier alpha value is -2.60. The highest BCUT2D eigenvalue weighted by Gasteiger charge is 2.11. The van der Waals surface area contributed by atoms with Crippen molar-refractivity contribution < 1.29 is 18.7 Å². The van der Waals surface area contributed by atoms with Crippen molar-refractivity contribution in [3.8, 4) is 11.5 Å². The van der Waals surface area contributed by atoms with E-state index in [1.54, 1.807) is 30.3 Å². The molecule has 2 aromatic rings. The summed E-state index contributed by atoms with van der Waals surface area (Å²) in [7, 11) is 1.84. The zero-order valence-corrected chi connectivity index (χ0v) is 15.4. The first-order chi connectivity index (χ1) is 12.5. The number of anilines is 1. The summed E-state index contributed by atoms with van der Waals surface area (Å²) in [5.41, 5.74) is 1.60. The van der Waals surface area contributed by atoms with Crippen LogP contribution < -0.4 is 14.8 Å². The first-order valence-corrected chi connectivity index (χ1v) is 8.64. The maximum absolute atomic E-state index is 12.9. The molecule has 0 bridgehead atoms. The Kier molecular flexibility index (Phi) is 7.41. The summed E-state index contributed by atoms with van der Waals surface area (Å²) in [5, 5.41) is 2.86. The second-order valence-corrected chi connectivity index (χ2v) is 5.87. The van der Waals surface area contributed by atoms with E-state index in [1.165, 1.54) is 12.1 Å². The van der Waals surface area contributed by atoms with Gasteiger partial charge < -0.3 is 14.8 Å². The van der Waals surface area contributed by atoms with Gasteiger partial charge in [-0.05, 0) is 50.7 Å². The van der Waals surface area contributed by atoms with Gasteiger partial charge in [-0.3, -0.25) is 9.69 Å². The van der Waals surface area contributed by atoms with Crippen LogP contribution in [0.2, 0.25) is 0 Å². The topological polar surface area (TPSA) is 50.8 Å². The number of nitrogens with one attached hydrogen (secondary N) is 1. The quantitative estimate of drug-likeness (QED) is 0.741. The molecule has 2 aromatic carbocycles. The van der Waals surface area contributed by atoms with Crippen LogP contribution in [0.15, 0.2) is 42.5 Å². The van der Waals surface area contributed by atoms with Crippen LogP contribution in [-0.4, -0.2) is 37.6 Å². The fourth-order valence-electron chi connectivity index (χ4n) is 2.53. The number of nitrogens with zero attached hydrogens (tertiary/aromatic N) is 1. The number of rotatable bonds is 9. The van der Waals surface area contributed by atoms with E-state index in [0.717, 1.165) is 5.56 Å². The van der Waals surface area contributed by atoms with Crippen LogP contribution in [-0.2, 0) is 11.3 Å².